The number of furan rings is 1. The molecule has 0 unspecified atom stereocenters. The molecule has 1 aliphatic rings. The molecule has 0 amide bonds. The zero-order valence-corrected chi connectivity index (χ0v) is 29.9. The van der Waals surface area contributed by atoms with Gasteiger partial charge in [0.05, 0.1) is 5.56 Å². The highest BCUT2D eigenvalue weighted by atomic mass is 32.1. The van der Waals surface area contributed by atoms with Crippen LogP contribution in [0.2, 0.25) is 0 Å². The van der Waals surface area contributed by atoms with Gasteiger partial charge in [0.15, 0.2) is 17.5 Å². The quantitative estimate of drug-likeness (QED) is 0.184. The Morgan fingerprint density at radius 2 is 1.04 bits per heavy atom. The minimum atomic E-state index is -0.146. The van der Waals surface area contributed by atoms with E-state index in [0.29, 0.717) is 17.5 Å². The minimum Gasteiger partial charge on any atom is -0.455 e. The van der Waals surface area contributed by atoms with Crippen molar-refractivity contribution in [3.05, 3.63) is 163 Å². The summed E-state index contributed by atoms with van der Waals surface area (Å²) >= 11 is 1.81. The molecule has 0 radical (unpaired) electrons. The van der Waals surface area contributed by atoms with Crippen LogP contribution in [0, 0.1) is 0 Å². The first kappa shape index (κ1) is 30.2. The lowest BCUT2D eigenvalue weighted by Crippen LogP contribution is -2.15. The molecule has 4 nitrogen and oxygen atoms in total. The highest BCUT2D eigenvalue weighted by molar-refractivity contribution is 7.25. The first-order valence-corrected chi connectivity index (χ1v) is 18.7. The standard InChI is InChI=1S/C48H31N3OS/c1-48(2)39-17-8-6-13-32(39)33-22-20-30(25-40(33)48)45-49-46(51-47(50-45)38-16-10-15-37-34-14-7-9-18-41(34)52-44(37)38)31-21-24-36-35-23-19-29(28-11-4-3-5-12-28)26-42(35)53-43(36)27-31/h3-27H,1-2H3. The maximum Gasteiger partial charge on any atom is 0.167 e. The van der Waals surface area contributed by atoms with Crippen molar-refractivity contribution in [1.82, 2.24) is 15.0 Å². The fourth-order valence-electron chi connectivity index (χ4n) is 8.25. The summed E-state index contributed by atoms with van der Waals surface area (Å²) in [6.07, 6.45) is 0. The Labute approximate surface area is 310 Å². The molecule has 3 heterocycles. The summed E-state index contributed by atoms with van der Waals surface area (Å²) in [6.45, 7) is 4.61. The number of rotatable bonds is 4. The van der Waals surface area contributed by atoms with Crippen molar-refractivity contribution in [3.63, 3.8) is 0 Å². The largest absolute Gasteiger partial charge is 0.455 e. The van der Waals surface area contributed by atoms with Crippen molar-refractivity contribution in [2.24, 2.45) is 0 Å². The number of nitrogens with zero attached hydrogens (tertiary/aromatic N) is 3. The molecule has 0 aliphatic heterocycles. The highest BCUT2D eigenvalue weighted by Gasteiger charge is 2.35. The second-order valence-electron chi connectivity index (χ2n) is 14.4. The van der Waals surface area contributed by atoms with E-state index < -0.39 is 0 Å². The van der Waals surface area contributed by atoms with E-state index in [4.69, 9.17) is 19.4 Å². The van der Waals surface area contributed by atoms with E-state index in [1.54, 1.807) is 11.3 Å². The summed E-state index contributed by atoms with van der Waals surface area (Å²) in [5, 5.41) is 4.60. The van der Waals surface area contributed by atoms with Crippen molar-refractivity contribution in [1.29, 1.82) is 0 Å². The molecule has 0 bridgehead atoms. The highest BCUT2D eigenvalue weighted by Crippen LogP contribution is 2.49. The second-order valence-corrected chi connectivity index (χ2v) is 15.5. The van der Waals surface area contributed by atoms with E-state index in [1.807, 2.05) is 18.2 Å². The monoisotopic (exact) mass is 697 g/mol. The predicted molar refractivity (Wildman–Crippen MR) is 219 cm³/mol. The van der Waals surface area contributed by atoms with E-state index >= 15 is 0 Å². The number of para-hydroxylation sites is 2. The number of fused-ring (bicyclic) bond motifs is 9. The predicted octanol–water partition coefficient (Wildman–Crippen LogP) is 13.1. The van der Waals surface area contributed by atoms with Gasteiger partial charge in [0.1, 0.15) is 11.2 Å². The number of hydrogen-bond acceptors (Lipinski definition) is 5. The fourth-order valence-corrected chi connectivity index (χ4v) is 9.43. The van der Waals surface area contributed by atoms with Gasteiger partial charge in [-0.2, -0.15) is 0 Å². The lowest BCUT2D eigenvalue weighted by molar-refractivity contribution is 0.660. The normalized spacial score (nSPS) is 13.2. The summed E-state index contributed by atoms with van der Waals surface area (Å²) in [6, 6.07) is 53.7. The van der Waals surface area contributed by atoms with Gasteiger partial charge in [-0.3, -0.25) is 0 Å². The van der Waals surface area contributed by atoms with Gasteiger partial charge in [0.2, 0.25) is 0 Å². The Balaban J connectivity index is 1.10. The Morgan fingerprint density at radius 3 is 1.87 bits per heavy atom. The Hall–Kier alpha value is -6.43. The third-order valence-corrected chi connectivity index (χ3v) is 12.1. The zero-order valence-electron chi connectivity index (χ0n) is 29.1. The summed E-state index contributed by atoms with van der Waals surface area (Å²) in [7, 11) is 0. The van der Waals surface area contributed by atoms with E-state index in [1.165, 1.54) is 53.6 Å². The molecule has 0 N–H and O–H groups in total. The molecule has 7 aromatic carbocycles. The number of thiophene rings is 1. The van der Waals surface area contributed by atoms with Crippen molar-refractivity contribution < 1.29 is 4.42 Å². The number of benzene rings is 7. The van der Waals surface area contributed by atoms with Crippen LogP contribution < -0.4 is 0 Å². The van der Waals surface area contributed by atoms with Crippen LogP contribution in [0.25, 0.3) is 98.5 Å². The van der Waals surface area contributed by atoms with Gasteiger partial charge in [-0.25, -0.2) is 15.0 Å². The molecule has 10 aromatic rings. The average molecular weight is 698 g/mol. The minimum absolute atomic E-state index is 0.146. The van der Waals surface area contributed by atoms with E-state index in [0.717, 1.165) is 38.6 Å². The fraction of sp³-hybridized carbons (Fsp3) is 0.0625. The lowest BCUT2D eigenvalue weighted by Gasteiger charge is -2.21. The van der Waals surface area contributed by atoms with Crippen LogP contribution in [0.1, 0.15) is 25.0 Å². The maximum atomic E-state index is 6.49. The van der Waals surface area contributed by atoms with Gasteiger partial charge in [-0.1, -0.05) is 135 Å². The van der Waals surface area contributed by atoms with Crippen molar-refractivity contribution in [2.45, 2.75) is 19.3 Å². The molecule has 1 aliphatic carbocycles. The molecule has 5 heteroatoms. The molecular weight excluding hydrogens is 667 g/mol. The first-order valence-electron chi connectivity index (χ1n) is 17.9. The van der Waals surface area contributed by atoms with Gasteiger partial charge in [-0.15, -0.1) is 11.3 Å². The molecule has 0 spiro atoms. The third kappa shape index (κ3) is 4.64. The van der Waals surface area contributed by atoms with Gasteiger partial charge in [-0.05, 0) is 63.7 Å². The van der Waals surface area contributed by atoms with Crippen LogP contribution >= 0.6 is 11.3 Å². The molecule has 250 valence electrons. The van der Waals surface area contributed by atoms with Gasteiger partial charge in [0, 0.05) is 47.5 Å². The van der Waals surface area contributed by atoms with E-state index in [-0.39, 0.29) is 5.41 Å². The second kappa shape index (κ2) is 11.3. The molecule has 53 heavy (non-hydrogen) atoms. The zero-order chi connectivity index (χ0) is 35.3. The molecule has 0 atom stereocenters. The molecule has 3 aromatic heterocycles. The van der Waals surface area contributed by atoms with Crippen molar-refractivity contribution in [3.8, 4) is 56.4 Å². The van der Waals surface area contributed by atoms with E-state index in [2.05, 4.69) is 147 Å². The van der Waals surface area contributed by atoms with Crippen molar-refractivity contribution in [2.75, 3.05) is 0 Å². The first-order chi connectivity index (χ1) is 26.0. The maximum absolute atomic E-state index is 6.49. The third-order valence-electron chi connectivity index (χ3n) is 11.0. The van der Waals surface area contributed by atoms with E-state index in [9.17, 15) is 0 Å². The van der Waals surface area contributed by atoms with Crippen molar-refractivity contribution >= 4 is 53.4 Å². The number of hydrogen-bond donors (Lipinski definition) is 0. The Morgan fingerprint density at radius 1 is 0.434 bits per heavy atom. The van der Waals surface area contributed by atoms with Crippen LogP contribution in [0.4, 0.5) is 0 Å². The van der Waals surface area contributed by atoms with Crippen LogP contribution in [-0.2, 0) is 5.41 Å². The lowest BCUT2D eigenvalue weighted by atomic mass is 9.82. The summed E-state index contributed by atoms with van der Waals surface area (Å²) in [5.41, 5.74) is 11.8. The van der Waals surface area contributed by atoms with Crippen LogP contribution in [-0.4, -0.2) is 15.0 Å². The van der Waals surface area contributed by atoms with Crippen LogP contribution in [0.3, 0.4) is 0 Å². The van der Waals surface area contributed by atoms with Crippen LogP contribution in [0.5, 0.6) is 0 Å². The molecule has 0 saturated carbocycles. The van der Waals surface area contributed by atoms with Gasteiger partial charge in [0.25, 0.3) is 0 Å². The Bertz CT molecular complexity index is 3100. The summed E-state index contributed by atoms with van der Waals surface area (Å²) in [4.78, 5) is 15.6. The Kier molecular flexibility index (Phi) is 6.43. The molecule has 0 fully saturated rings. The van der Waals surface area contributed by atoms with Gasteiger partial charge >= 0.3 is 0 Å². The molecule has 0 saturated heterocycles. The molecule has 11 rings (SSSR count). The van der Waals surface area contributed by atoms with Crippen LogP contribution in [0.15, 0.2) is 156 Å². The molecular formula is C48H31N3OS. The summed E-state index contributed by atoms with van der Waals surface area (Å²) < 4.78 is 8.94. The SMILES string of the molecule is CC1(C)c2ccccc2-c2ccc(-c3nc(-c4ccc5c(c4)sc4cc(-c6ccccc6)ccc45)nc(-c4cccc5c4oc4ccccc45)n3)cc21. The smallest absolute Gasteiger partial charge is 0.167 e. The topological polar surface area (TPSA) is 51.8 Å². The number of aromatic nitrogens is 3. The summed E-state index contributed by atoms with van der Waals surface area (Å²) in [5.74, 6) is 1.85. The van der Waals surface area contributed by atoms with Gasteiger partial charge < -0.3 is 4.42 Å². The average Bonchev–Trinajstić information content (AvgIpc) is 3.85.